The third-order valence-electron chi connectivity index (χ3n) is 4.17. The van der Waals surface area contributed by atoms with Crippen molar-refractivity contribution < 1.29 is 0 Å². The number of nitrogens with zero attached hydrogens (tertiary/aromatic N) is 1. The Bertz CT molecular complexity index is 323. The van der Waals surface area contributed by atoms with Gasteiger partial charge in [-0.25, -0.2) is 0 Å². The molecule has 102 valence electrons. The summed E-state index contributed by atoms with van der Waals surface area (Å²) in [5.41, 5.74) is 7.42. The van der Waals surface area contributed by atoms with E-state index in [1.165, 1.54) is 50.8 Å². The van der Waals surface area contributed by atoms with E-state index in [9.17, 15) is 0 Å². The van der Waals surface area contributed by atoms with Gasteiger partial charge in [0.25, 0.3) is 0 Å². The van der Waals surface area contributed by atoms with Crippen molar-refractivity contribution in [2.45, 2.75) is 45.1 Å². The van der Waals surface area contributed by atoms with Gasteiger partial charge in [0, 0.05) is 12.6 Å². The van der Waals surface area contributed by atoms with E-state index in [0.717, 1.165) is 12.5 Å². The van der Waals surface area contributed by atoms with Crippen molar-refractivity contribution in [1.29, 1.82) is 0 Å². The Morgan fingerprint density at radius 1 is 1.44 bits per heavy atom. The Morgan fingerprint density at radius 2 is 2.33 bits per heavy atom. The quantitative estimate of drug-likeness (QED) is 0.881. The summed E-state index contributed by atoms with van der Waals surface area (Å²) in [5, 5.41) is 4.42. The zero-order valence-corrected chi connectivity index (χ0v) is 12.3. The van der Waals surface area contributed by atoms with Gasteiger partial charge in [-0.1, -0.05) is 19.8 Å². The third-order valence-corrected chi connectivity index (χ3v) is 4.87. The number of hydrogen-bond acceptors (Lipinski definition) is 3. The molecule has 0 radical (unpaired) electrons. The molecule has 1 aliphatic rings. The van der Waals surface area contributed by atoms with Crippen molar-refractivity contribution in [3.8, 4) is 0 Å². The molecule has 2 atom stereocenters. The second kappa shape index (κ2) is 7.27. The number of thiophene rings is 1. The minimum atomic E-state index is 0.441. The first-order valence-electron chi connectivity index (χ1n) is 7.31. The van der Waals surface area contributed by atoms with Gasteiger partial charge in [0.15, 0.2) is 0 Å². The van der Waals surface area contributed by atoms with Crippen molar-refractivity contribution in [3.63, 3.8) is 0 Å². The fourth-order valence-electron chi connectivity index (χ4n) is 3.16. The lowest BCUT2D eigenvalue weighted by atomic mass is 9.96. The molecule has 2 N–H and O–H groups in total. The van der Waals surface area contributed by atoms with Crippen molar-refractivity contribution in [2.75, 3.05) is 19.6 Å². The van der Waals surface area contributed by atoms with Crippen LogP contribution < -0.4 is 5.73 Å². The summed E-state index contributed by atoms with van der Waals surface area (Å²) in [4.78, 5) is 2.61. The Morgan fingerprint density at radius 3 is 3.00 bits per heavy atom. The Kier molecular flexibility index (Phi) is 5.67. The molecule has 0 saturated carbocycles. The Balaban J connectivity index is 1.95. The van der Waals surface area contributed by atoms with E-state index in [4.69, 9.17) is 5.73 Å². The fraction of sp³-hybridized carbons (Fsp3) is 0.733. The molecule has 0 spiro atoms. The average Bonchev–Trinajstić information content (AvgIpc) is 2.80. The van der Waals surface area contributed by atoms with E-state index in [1.807, 2.05) is 0 Å². The molecule has 2 nitrogen and oxygen atoms in total. The summed E-state index contributed by atoms with van der Waals surface area (Å²) in [6.45, 7) is 5.49. The first-order chi connectivity index (χ1) is 8.85. The number of rotatable bonds is 5. The van der Waals surface area contributed by atoms with Gasteiger partial charge in [0.2, 0.25) is 0 Å². The molecule has 0 bridgehead atoms. The molecule has 0 amide bonds. The molecule has 18 heavy (non-hydrogen) atoms. The van der Waals surface area contributed by atoms with Crippen molar-refractivity contribution in [3.05, 3.63) is 22.4 Å². The number of hydrogen-bond donors (Lipinski definition) is 1. The van der Waals surface area contributed by atoms with Crippen LogP contribution in [-0.4, -0.2) is 24.5 Å². The predicted molar refractivity (Wildman–Crippen MR) is 79.9 cm³/mol. The van der Waals surface area contributed by atoms with Crippen LogP contribution in [0.4, 0.5) is 0 Å². The van der Waals surface area contributed by atoms with Crippen molar-refractivity contribution in [1.82, 2.24) is 4.90 Å². The standard InChI is InChI=1S/C15H26N2S/c1-2-4-13-5-3-8-17(9-6-13)15(11-16)14-7-10-18-12-14/h7,10,12-13,15H,2-6,8-9,11,16H2,1H3. The maximum absolute atomic E-state index is 6.00. The van der Waals surface area contributed by atoms with Crippen LogP contribution in [0.15, 0.2) is 16.8 Å². The van der Waals surface area contributed by atoms with Crippen LogP contribution >= 0.6 is 11.3 Å². The molecule has 0 aromatic carbocycles. The van der Waals surface area contributed by atoms with Crippen LogP contribution in [0.2, 0.25) is 0 Å². The van der Waals surface area contributed by atoms with Crippen molar-refractivity contribution in [2.24, 2.45) is 11.7 Å². The van der Waals surface area contributed by atoms with Gasteiger partial charge in [0.05, 0.1) is 0 Å². The zero-order chi connectivity index (χ0) is 12.8. The summed E-state index contributed by atoms with van der Waals surface area (Å²) >= 11 is 1.78. The highest BCUT2D eigenvalue weighted by atomic mass is 32.1. The largest absolute Gasteiger partial charge is 0.329 e. The van der Waals surface area contributed by atoms with E-state index < -0.39 is 0 Å². The Hall–Kier alpha value is -0.380. The minimum Gasteiger partial charge on any atom is -0.329 e. The summed E-state index contributed by atoms with van der Waals surface area (Å²) in [7, 11) is 0. The topological polar surface area (TPSA) is 29.3 Å². The van der Waals surface area contributed by atoms with Crippen molar-refractivity contribution >= 4 is 11.3 Å². The number of likely N-dealkylation sites (tertiary alicyclic amines) is 1. The highest BCUT2D eigenvalue weighted by molar-refractivity contribution is 7.07. The molecule has 1 aromatic heterocycles. The summed E-state index contributed by atoms with van der Waals surface area (Å²) in [5.74, 6) is 0.945. The van der Waals surface area contributed by atoms with Gasteiger partial charge in [0.1, 0.15) is 0 Å². The average molecular weight is 266 g/mol. The lowest BCUT2D eigenvalue weighted by Crippen LogP contribution is -2.34. The molecule has 1 saturated heterocycles. The van der Waals surface area contributed by atoms with E-state index in [0.29, 0.717) is 6.04 Å². The van der Waals surface area contributed by atoms with Gasteiger partial charge in [-0.3, -0.25) is 4.90 Å². The van der Waals surface area contributed by atoms with Crippen LogP contribution in [0.3, 0.4) is 0 Å². The van der Waals surface area contributed by atoms with Gasteiger partial charge in [-0.05, 0) is 60.7 Å². The highest BCUT2D eigenvalue weighted by Gasteiger charge is 2.23. The maximum atomic E-state index is 6.00. The van der Waals surface area contributed by atoms with E-state index in [1.54, 1.807) is 11.3 Å². The molecule has 2 rings (SSSR count). The SMILES string of the molecule is CCCC1CCCN(C(CN)c2ccsc2)CC1. The van der Waals surface area contributed by atoms with Gasteiger partial charge >= 0.3 is 0 Å². The Labute approximate surface area is 115 Å². The smallest absolute Gasteiger partial charge is 0.0478 e. The minimum absolute atomic E-state index is 0.441. The normalized spacial score (nSPS) is 23.8. The lowest BCUT2D eigenvalue weighted by molar-refractivity contribution is 0.207. The lowest BCUT2D eigenvalue weighted by Gasteiger charge is -2.29. The van der Waals surface area contributed by atoms with E-state index >= 15 is 0 Å². The fourth-order valence-corrected chi connectivity index (χ4v) is 3.86. The molecule has 1 aliphatic heterocycles. The summed E-state index contributed by atoms with van der Waals surface area (Å²) < 4.78 is 0. The molecule has 2 unspecified atom stereocenters. The monoisotopic (exact) mass is 266 g/mol. The molecular formula is C15H26N2S. The van der Waals surface area contributed by atoms with Crippen LogP contribution in [-0.2, 0) is 0 Å². The third kappa shape index (κ3) is 3.56. The molecule has 0 aliphatic carbocycles. The molecule has 1 aromatic rings. The second-order valence-electron chi connectivity index (χ2n) is 5.43. The molecule has 3 heteroatoms. The van der Waals surface area contributed by atoms with E-state index in [-0.39, 0.29) is 0 Å². The van der Waals surface area contributed by atoms with Gasteiger partial charge in [-0.15, -0.1) is 0 Å². The van der Waals surface area contributed by atoms with Gasteiger partial charge in [-0.2, -0.15) is 11.3 Å². The molecule has 1 fully saturated rings. The summed E-state index contributed by atoms with van der Waals surface area (Å²) in [6, 6.07) is 2.67. The summed E-state index contributed by atoms with van der Waals surface area (Å²) in [6.07, 6.45) is 6.83. The van der Waals surface area contributed by atoms with Crippen LogP contribution in [0.1, 0.15) is 50.6 Å². The van der Waals surface area contributed by atoms with Crippen LogP contribution in [0, 0.1) is 5.92 Å². The van der Waals surface area contributed by atoms with Crippen LogP contribution in [0.5, 0.6) is 0 Å². The maximum Gasteiger partial charge on any atom is 0.0478 e. The number of nitrogens with two attached hydrogens (primary N) is 1. The van der Waals surface area contributed by atoms with Gasteiger partial charge < -0.3 is 5.73 Å². The first-order valence-corrected chi connectivity index (χ1v) is 8.25. The van der Waals surface area contributed by atoms with Crippen LogP contribution in [0.25, 0.3) is 0 Å². The highest BCUT2D eigenvalue weighted by Crippen LogP contribution is 2.28. The van der Waals surface area contributed by atoms with E-state index in [2.05, 4.69) is 28.7 Å². The molecular weight excluding hydrogens is 240 g/mol. The zero-order valence-electron chi connectivity index (χ0n) is 11.5. The predicted octanol–water partition coefficient (Wildman–Crippen LogP) is 3.65. The first kappa shape index (κ1) is 14.0. The second-order valence-corrected chi connectivity index (χ2v) is 6.21. The molecule has 2 heterocycles.